The van der Waals surface area contributed by atoms with Crippen LogP contribution in [0, 0.1) is 5.92 Å². The molecule has 0 radical (unpaired) electrons. The van der Waals surface area contributed by atoms with E-state index in [1.165, 1.54) is 6.33 Å². The van der Waals surface area contributed by atoms with E-state index in [0.29, 0.717) is 31.4 Å². The molecular formula is C17H26N4O3. The maximum Gasteiger partial charge on any atom is 0.270 e. The minimum atomic E-state index is -0.402. The molecule has 1 amide bonds. The van der Waals surface area contributed by atoms with Crippen LogP contribution in [0.1, 0.15) is 43.6 Å². The van der Waals surface area contributed by atoms with Crippen LogP contribution in [0.4, 0.5) is 5.82 Å². The van der Waals surface area contributed by atoms with Crippen LogP contribution in [0.15, 0.2) is 12.4 Å². The third-order valence-corrected chi connectivity index (χ3v) is 4.56. The monoisotopic (exact) mass is 334 g/mol. The normalized spacial score (nSPS) is 19.9. The zero-order valence-electron chi connectivity index (χ0n) is 14.5. The number of piperidine rings is 1. The van der Waals surface area contributed by atoms with Crippen LogP contribution in [-0.2, 0) is 9.47 Å². The molecule has 2 aliphatic heterocycles. The first-order chi connectivity index (χ1) is 11.6. The molecule has 0 saturated carbocycles. The van der Waals surface area contributed by atoms with Crippen molar-refractivity contribution in [3.8, 4) is 0 Å². The number of amides is 1. The molecular weight excluding hydrogens is 308 g/mol. The van der Waals surface area contributed by atoms with E-state index in [9.17, 15) is 4.79 Å². The molecule has 2 fully saturated rings. The zero-order valence-corrected chi connectivity index (χ0v) is 14.5. The number of ether oxygens (including phenoxy) is 2. The lowest BCUT2D eigenvalue weighted by atomic mass is 10.0. The molecule has 0 bridgehead atoms. The molecule has 1 N–H and O–H groups in total. The predicted octanol–water partition coefficient (Wildman–Crippen LogP) is 1.60. The minimum Gasteiger partial charge on any atom is -0.356 e. The third kappa shape index (κ3) is 4.02. The second-order valence-electron chi connectivity index (χ2n) is 6.79. The van der Waals surface area contributed by atoms with Crippen LogP contribution >= 0.6 is 0 Å². The third-order valence-electron chi connectivity index (χ3n) is 4.56. The maximum absolute atomic E-state index is 12.2. The van der Waals surface area contributed by atoms with Crippen molar-refractivity contribution in [1.29, 1.82) is 0 Å². The van der Waals surface area contributed by atoms with Crippen LogP contribution in [-0.4, -0.2) is 54.5 Å². The molecule has 2 saturated heterocycles. The van der Waals surface area contributed by atoms with Crippen molar-refractivity contribution in [1.82, 2.24) is 15.3 Å². The number of carbonyl (C=O) groups excluding carboxylic acids is 1. The van der Waals surface area contributed by atoms with Gasteiger partial charge in [0.05, 0.1) is 13.2 Å². The molecule has 1 aromatic rings. The highest BCUT2D eigenvalue weighted by molar-refractivity contribution is 5.92. The molecule has 0 aromatic carbocycles. The van der Waals surface area contributed by atoms with Crippen LogP contribution in [0.5, 0.6) is 0 Å². The summed E-state index contributed by atoms with van der Waals surface area (Å²) in [6.45, 7) is 7.88. The Hall–Kier alpha value is -1.73. The van der Waals surface area contributed by atoms with E-state index in [-0.39, 0.29) is 5.91 Å². The van der Waals surface area contributed by atoms with E-state index in [1.54, 1.807) is 6.07 Å². The van der Waals surface area contributed by atoms with Gasteiger partial charge < -0.3 is 19.7 Å². The van der Waals surface area contributed by atoms with Crippen molar-refractivity contribution in [3.63, 3.8) is 0 Å². The van der Waals surface area contributed by atoms with E-state index in [2.05, 4.69) is 34.0 Å². The molecule has 1 aromatic heterocycles. The van der Waals surface area contributed by atoms with E-state index in [0.717, 1.165) is 38.2 Å². The molecule has 1 spiro atoms. The lowest BCUT2D eigenvalue weighted by Gasteiger charge is -2.38. The standard InChI is InChI=1S/C17H26N4O3/c1-13(2)3-6-18-16(22)14-11-15(20-12-19-14)21-7-4-17(5-8-21)23-9-10-24-17/h11-13H,3-10H2,1-2H3,(H,18,22). The average Bonchev–Trinajstić information content (AvgIpc) is 3.03. The van der Waals surface area contributed by atoms with E-state index in [4.69, 9.17) is 9.47 Å². The largest absolute Gasteiger partial charge is 0.356 e. The summed E-state index contributed by atoms with van der Waals surface area (Å²) in [6, 6.07) is 1.76. The number of nitrogens with one attached hydrogen (secondary N) is 1. The molecule has 2 aliphatic rings. The Kier molecular flexibility index (Phi) is 5.30. The Morgan fingerprint density at radius 1 is 1.29 bits per heavy atom. The van der Waals surface area contributed by atoms with Gasteiger partial charge in [-0.2, -0.15) is 0 Å². The average molecular weight is 334 g/mol. The summed E-state index contributed by atoms with van der Waals surface area (Å²) in [5.41, 5.74) is 0.414. The topological polar surface area (TPSA) is 76.6 Å². The summed E-state index contributed by atoms with van der Waals surface area (Å²) in [7, 11) is 0. The molecule has 3 rings (SSSR count). The van der Waals surface area contributed by atoms with Crippen molar-refractivity contribution >= 4 is 11.7 Å². The molecule has 0 atom stereocenters. The van der Waals surface area contributed by atoms with Gasteiger partial charge in [0.25, 0.3) is 5.91 Å². The van der Waals surface area contributed by atoms with Gasteiger partial charge in [0.2, 0.25) is 0 Å². The predicted molar refractivity (Wildman–Crippen MR) is 89.9 cm³/mol. The number of carbonyl (C=O) groups is 1. The van der Waals surface area contributed by atoms with Gasteiger partial charge in [-0.05, 0) is 12.3 Å². The highest BCUT2D eigenvalue weighted by Gasteiger charge is 2.40. The first kappa shape index (κ1) is 17.1. The Labute approximate surface area is 142 Å². The number of nitrogens with zero attached hydrogens (tertiary/aromatic N) is 3. The second kappa shape index (κ2) is 7.44. The van der Waals surface area contributed by atoms with Gasteiger partial charge in [-0.25, -0.2) is 9.97 Å². The highest BCUT2D eigenvalue weighted by Crippen LogP contribution is 2.32. The molecule has 24 heavy (non-hydrogen) atoms. The number of hydrogen-bond acceptors (Lipinski definition) is 6. The molecule has 3 heterocycles. The Balaban J connectivity index is 1.58. The van der Waals surface area contributed by atoms with Gasteiger partial charge in [0.1, 0.15) is 17.8 Å². The fraction of sp³-hybridized carbons (Fsp3) is 0.706. The highest BCUT2D eigenvalue weighted by atomic mass is 16.7. The van der Waals surface area contributed by atoms with Gasteiger partial charge in [0.15, 0.2) is 5.79 Å². The Morgan fingerprint density at radius 2 is 2.00 bits per heavy atom. The lowest BCUT2D eigenvalue weighted by molar-refractivity contribution is -0.169. The molecule has 0 aliphatic carbocycles. The van der Waals surface area contributed by atoms with Crippen LogP contribution < -0.4 is 10.2 Å². The quantitative estimate of drug-likeness (QED) is 0.881. The molecule has 132 valence electrons. The minimum absolute atomic E-state index is 0.143. The number of rotatable bonds is 5. The second-order valence-corrected chi connectivity index (χ2v) is 6.79. The molecule has 7 heteroatoms. The van der Waals surface area contributed by atoms with E-state index >= 15 is 0 Å². The van der Waals surface area contributed by atoms with Crippen LogP contribution in [0.2, 0.25) is 0 Å². The Morgan fingerprint density at radius 3 is 2.67 bits per heavy atom. The molecule has 7 nitrogen and oxygen atoms in total. The summed E-state index contributed by atoms with van der Waals surface area (Å²) in [4.78, 5) is 22.8. The van der Waals surface area contributed by atoms with Crippen molar-refractivity contribution in [3.05, 3.63) is 18.1 Å². The van der Waals surface area contributed by atoms with Crippen LogP contribution in [0.25, 0.3) is 0 Å². The summed E-state index contributed by atoms with van der Waals surface area (Å²) in [6.07, 6.45) is 4.04. The van der Waals surface area contributed by atoms with Crippen LogP contribution in [0.3, 0.4) is 0 Å². The zero-order chi connectivity index (χ0) is 17.0. The summed E-state index contributed by atoms with van der Waals surface area (Å²) in [5.74, 6) is 0.801. The first-order valence-electron chi connectivity index (χ1n) is 8.71. The fourth-order valence-electron chi connectivity index (χ4n) is 3.07. The number of aromatic nitrogens is 2. The SMILES string of the molecule is CC(C)CCNC(=O)c1cc(N2CCC3(CC2)OCCO3)ncn1. The van der Waals surface area contributed by atoms with Gasteiger partial charge >= 0.3 is 0 Å². The van der Waals surface area contributed by atoms with Crippen molar-refractivity contribution < 1.29 is 14.3 Å². The number of anilines is 1. The summed E-state index contributed by atoms with van der Waals surface area (Å²) in [5, 5.41) is 2.91. The Bertz CT molecular complexity index is 563. The summed E-state index contributed by atoms with van der Waals surface area (Å²) >= 11 is 0. The van der Waals surface area contributed by atoms with Crippen molar-refractivity contribution in [2.45, 2.75) is 38.9 Å². The molecule has 0 unspecified atom stereocenters. The van der Waals surface area contributed by atoms with Gasteiger partial charge in [0, 0.05) is 38.5 Å². The fourth-order valence-corrected chi connectivity index (χ4v) is 3.07. The lowest BCUT2D eigenvalue weighted by Crippen LogP contribution is -2.45. The number of hydrogen-bond donors (Lipinski definition) is 1. The van der Waals surface area contributed by atoms with E-state index in [1.807, 2.05) is 0 Å². The van der Waals surface area contributed by atoms with Gasteiger partial charge in [-0.3, -0.25) is 4.79 Å². The van der Waals surface area contributed by atoms with Gasteiger partial charge in [-0.1, -0.05) is 13.8 Å². The maximum atomic E-state index is 12.2. The van der Waals surface area contributed by atoms with E-state index < -0.39 is 5.79 Å². The van der Waals surface area contributed by atoms with Crippen molar-refractivity contribution in [2.24, 2.45) is 5.92 Å². The smallest absolute Gasteiger partial charge is 0.270 e. The first-order valence-corrected chi connectivity index (χ1v) is 8.71. The van der Waals surface area contributed by atoms with Crippen molar-refractivity contribution in [2.75, 3.05) is 37.7 Å². The summed E-state index contributed by atoms with van der Waals surface area (Å²) < 4.78 is 11.5. The van der Waals surface area contributed by atoms with Gasteiger partial charge in [-0.15, -0.1) is 0 Å².